The summed E-state index contributed by atoms with van der Waals surface area (Å²) in [5, 5.41) is 1.36. The number of hydrogen-bond donors (Lipinski definition) is 2. The molecule has 0 bridgehead atoms. The van der Waals surface area contributed by atoms with E-state index in [4.69, 9.17) is 11.5 Å². The minimum absolute atomic E-state index is 0.453. The first kappa shape index (κ1) is 9.02. The smallest absolute Gasteiger partial charge is 0.252 e. The lowest BCUT2D eigenvalue weighted by atomic mass is 10.1. The van der Waals surface area contributed by atoms with Gasteiger partial charge in [0.2, 0.25) is 0 Å². The minimum Gasteiger partial charge on any atom is -0.390 e. The Kier molecular flexibility index (Phi) is 1.93. The molecule has 1 aromatic heterocycles. The molecule has 2 aromatic rings. The summed E-state index contributed by atoms with van der Waals surface area (Å²) in [6.45, 7) is 1.97. The topological polar surface area (TPSA) is 69.1 Å². The average Bonchev–Trinajstić information content (AvgIpc) is 2.40. The summed E-state index contributed by atoms with van der Waals surface area (Å²) in [7, 11) is 0. The van der Waals surface area contributed by atoms with Crippen molar-refractivity contribution in [2.75, 3.05) is 5.73 Å². The molecule has 0 aliphatic rings. The Balaban J connectivity index is 2.86. The number of carbonyl (C=O) groups is 1. The highest BCUT2D eigenvalue weighted by atomic mass is 32.1. The molecule has 0 spiro atoms. The lowest BCUT2D eigenvalue weighted by Crippen LogP contribution is -2.11. The van der Waals surface area contributed by atoms with Crippen molar-refractivity contribution in [1.29, 1.82) is 0 Å². The highest BCUT2D eigenvalue weighted by Crippen LogP contribution is 2.33. The summed E-state index contributed by atoms with van der Waals surface area (Å²) in [4.78, 5) is 11.2. The molecule has 0 saturated heterocycles. The van der Waals surface area contributed by atoms with Gasteiger partial charge in [0.25, 0.3) is 5.91 Å². The van der Waals surface area contributed by atoms with Crippen LogP contribution in [-0.4, -0.2) is 5.91 Å². The molecule has 1 heterocycles. The number of nitrogen functional groups attached to an aromatic ring is 1. The summed E-state index contributed by atoms with van der Waals surface area (Å²) in [5.74, 6) is -0.459. The minimum atomic E-state index is -0.459. The summed E-state index contributed by atoms with van der Waals surface area (Å²) in [6.07, 6.45) is 0. The Labute approximate surface area is 85.3 Å². The molecule has 72 valence electrons. The van der Waals surface area contributed by atoms with Crippen LogP contribution in [0.5, 0.6) is 0 Å². The number of rotatable bonds is 1. The van der Waals surface area contributed by atoms with Gasteiger partial charge in [-0.2, -0.15) is 0 Å². The maximum Gasteiger partial charge on any atom is 0.252 e. The molecule has 0 saturated carbocycles. The molecular weight excluding hydrogens is 196 g/mol. The summed E-state index contributed by atoms with van der Waals surface area (Å²) in [5.41, 5.74) is 12.5. The number of primary amides is 1. The van der Waals surface area contributed by atoms with Gasteiger partial charge in [0.15, 0.2) is 0 Å². The van der Waals surface area contributed by atoms with E-state index in [1.165, 1.54) is 11.3 Å². The Morgan fingerprint density at radius 2 is 2.14 bits per heavy atom. The zero-order valence-corrected chi connectivity index (χ0v) is 8.52. The van der Waals surface area contributed by atoms with E-state index in [1.54, 1.807) is 0 Å². The number of amides is 1. The SMILES string of the molecule is Cc1ccc2sc(N)c(C(N)=O)c2c1. The molecule has 0 fully saturated rings. The van der Waals surface area contributed by atoms with Crippen LogP contribution < -0.4 is 11.5 Å². The highest BCUT2D eigenvalue weighted by Gasteiger charge is 2.14. The Morgan fingerprint density at radius 3 is 2.79 bits per heavy atom. The van der Waals surface area contributed by atoms with Crippen molar-refractivity contribution in [2.24, 2.45) is 5.73 Å². The van der Waals surface area contributed by atoms with E-state index in [2.05, 4.69) is 0 Å². The van der Waals surface area contributed by atoms with Crippen molar-refractivity contribution in [1.82, 2.24) is 0 Å². The molecular formula is C10H10N2OS. The van der Waals surface area contributed by atoms with Gasteiger partial charge in [-0.3, -0.25) is 4.79 Å². The molecule has 0 radical (unpaired) electrons. The third-order valence-electron chi connectivity index (χ3n) is 2.12. The third-order valence-corrected chi connectivity index (χ3v) is 3.12. The van der Waals surface area contributed by atoms with Gasteiger partial charge in [-0.1, -0.05) is 11.6 Å². The van der Waals surface area contributed by atoms with Crippen molar-refractivity contribution in [3.8, 4) is 0 Å². The second-order valence-electron chi connectivity index (χ2n) is 3.21. The number of benzene rings is 1. The fraction of sp³-hybridized carbons (Fsp3) is 0.100. The Morgan fingerprint density at radius 1 is 1.43 bits per heavy atom. The van der Waals surface area contributed by atoms with Gasteiger partial charge in [-0.15, -0.1) is 11.3 Å². The number of aryl methyl sites for hydroxylation is 1. The van der Waals surface area contributed by atoms with Gasteiger partial charge in [0, 0.05) is 10.1 Å². The summed E-state index contributed by atoms with van der Waals surface area (Å²) < 4.78 is 1.00. The van der Waals surface area contributed by atoms with Crippen molar-refractivity contribution in [3.63, 3.8) is 0 Å². The van der Waals surface area contributed by atoms with Crippen molar-refractivity contribution in [2.45, 2.75) is 6.92 Å². The zero-order valence-electron chi connectivity index (χ0n) is 7.70. The highest BCUT2D eigenvalue weighted by molar-refractivity contribution is 7.23. The van der Waals surface area contributed by atoms with Crippen molar-refractivity contribution < 1.29 is 4.79 Å². The van der Waals surface area contributed by atoms with Gasteiger partial charge in [0.1, 0.15) is 0 Å². The van der Waals surface area contributed by atoms with Crippen molar-refractivity contribution in [3.05, 3.63) is 29.3 Å². The molecule has 0 aliphatic heterocycles. The zero-order chi connectivity index (χ0) is 10.3. The largest absolute Gasteiger partial charge is 0.390 e. The second kappa shape index (κ2) is 2.99. The number of carbonyl (C=O) groups excluding carboxylic acids is 1. The lowest BCUT2D eigenvalue weighted by molar-refractivity contribution is 0.100. The van der Waals surface area contributed by atoms with E-state index in [0.717, 1.165) is 15.6 Å². The van der Waals surface area contributed by atoms with E-state index in [0.29, 0.717) is 10.6 Å². The first-order valence-corrected chi connectivity index (χ1v) is 4.99. The number of anilines is 1. The molecule has 0 aliphatic carbocycles. The van der Waals surface area contributed by atoms with E-state index in [-0.39, 0.29) is 0 Å². The molecule has 2 rings (SSSR count). The lowest BCUT2D eigenvalue weighted by Gasteiger charge is -1.95. The molecule has 4 heteroatoms. The van der Waals surface area contributed by atoms with Crippen LogP contribution in [0.15, 0.2) is 18.2 Å². The predicted molar refractivity (Wildman–Crippen MR) is 59.5 cm³/mol. The van der Waals surface area contributed by atoms with Gasteiger partial charge in [-0.25, -0.2) is 0 Å². The van der Waals surface area contributed by atoms with Gasteiger partial charge >= 0.3 is 0 Å². The first-order chi connectivity index (χ1) is 6.59. The molecule has 14 heavy (non-hydrogen) atoms. The van der Waals surface area contributed by atoms with Crippen LogP contribution >= 0.6 is 11.3 Å². The maximum atomic E-state index is 11.2. The van der Waals surface area contributed by atoms with Crippen LogP contribution in [0.25, 0.3) is 10.1 Å². The molecule has 0 unspecified atom stereocenters. The standard InChI is InChI=1S/C10H10N2OS/c1-5-2-3-7-6(4-5)8(9(11)13)10(12)14-7/h2-4H,12H2,1H3,(H2,11,13). The fourth-order valence-electron chi connectivity index (χ4n) is 1.48. The van der Waals surface area contributed by atoms with E-state index in [9.17, 15) is 4.79 Å². The van der Waals surface area contributed by atoms with Crippen LogP contribution in [0.4, 0.5) is 5.00 Å². The van der Waals surface area contributed by atoms with Gasteiger partial charge in [0.05, 0.1) is 10.6 Å². The van der Waals surface area contributed by atoms with E-state index < -0.39 is 5.91 Å². The first-order valence-electron chi connectivity index (χ1n) is 4.18. The summed E-state index contributed by atoms with van der Waals surface area (Å²) >= 11 is 1.39. The van der Waals surface area contributed by atoms with Crippen LogP contribution in [0.2, 0.25) is 0 Å². The van der Waals surface area contributed by atoms with Crippen molar-refractivity contribution >= 4 is 32.3 Å². The van der Waals surface area contributed by atoms with Gasteiger partial charge < -0.3 is 11.5 Å². The Hall–Kier alpha value is -1.55. The fourth-order valence-corrected chi connectivity index (χ4v) is 2.44. The molecule has 1 aromatic carbocycles. The normalized spacial score (nSPS) is 10.6. The van der Waals surface area contributed by atoms with Crippen LogP contribution in [0, 0.1) is 6.92 Å². The molecule has 0 atom stereocenters. The van der Waals surface area contributed by atoms with Crippen LogP contribution in [0.3, 0.4) is 0 Å². The number of fused-ring (bicyclic) bond motifs is 1. The van der Waals surface area contributed by atoms with Crippen LogP contribution in [-0.2, 0) is 0 Å². The molecule has 3 nitrogen and oxygen atoms in total. The van der Waals surface area contributed by atoms with E-state index in [1.807, 2.05) is 25.1 Å². The molecule has 4 N–H and O–H groups in total. The van der Waals surface area contributed by atoms with Gasteiger partial charge in [-0.05, 0) is 19.1 Å². The summed E-state index contributed by atoms with van der Waals surface area (Å²) in [6, 6.07) is 5.88. The number of nitrogens with two attached hydrogens (primary N) is 2. The Bertz CT molecular complexity index is 516. The quantitative estimate of drug-likeness (QED) is 0.748. The maximum absolute atomic E-state index is 11.2. The monoisotopic (exact) mass is 206 g/mol. The second-order valence-corrected chi connectivity index (χ2v) is 4.29. The van der Waals surface area contributed by atoms with Crippen LogP contribution in [0.1, 0.15) is 15.9 Å². The number of hydrogen-bond acceptors (Lipinski definition) is 3. The third kappa shape index (κ3) is 1.24. The van der Waals surface area contributed by atoms with E-state index >= 15 is 0 Å². The predicted octanol–water partition coefficient (Wildman–Crippen LogP) is 1.89. The number of thiophene rings is 1. The molecule has 1 amide bonds. The average molecular weight is 206 g/mol.